The summed E-state index contributed by atoms with van der Waals surface area (Å²) in [6.45, 7) is 3.40. The van der Waals surface area contributed by atoms with Gasteiger partial charge in [-0.3, -0.25) is 4.79 Å². The predicted octanol–water partition coefficient (Wildman–Crippen LogP) is 4.81. The highest BCUT2D eigenvalue weighted by Gasteiger charge is 2.32. The molecule has 0 amide bonds. The minimum Gasteiger partial charge on any atom is -0.508 e. The van der Waals surface area contributed by atoms with E-state index in [1.807, 2.05) is 31.2 Å². The molecule has 29 heavy (non-hydrogen) atoms. The quantitative estimate of drug-likeness (QED) is 0.570. The summed E-state index contributed by atoms with van der Waals surface area (Å²) in [5.41, 5.74) is 3.23. The van der Waals surface area contributed by atoms with Gasteiger partial charge in [0.05, 0.1) is 0 Å². The molecule has 0 aliphatic carbocycles. The van der Waals surface area contributed by atoms with Crippen LogP contribution in [0.5, 0.6) is 5.75 Å². The number of allylic oxidation sites excluding steroid dienone is 2. The van der Waals surface area contributed by atoms with Gasteiger partial charge in [-0.25, -0.2) is 4.68 Å². The number of aromatic hydroxyl groups is 1. The van der Waals surface area contributed by atoms with Crippen LogP contribution in [0.3, 0.4) is 0 Å². The summed E-state index contributed by atoms with van der Waals surface area (Å²) < 4.78 is 1.73. The van der Waals surface area contributed by atoms with Crippen LogP contribution in [0.2, 0.25) is 5.02 Å². The highest BCUT2D eigenvalue weighted by atomic mass is 35.5. The molecule has 8 heteroatoms. The van der Waals surface area contributed by atoms with Crippen LogP contribution in [0, 0.1) is 0 Å². The largest absolute Gasteiger partial charge is 0.508 e. The van der Waals surface area contributed by atoms with Gasteiger partial charge >= 0.3 is 0 Å². The number of nitrogens with zero attached hydrogens (tertiary/aromatic N) is 3. The molecule has 4 rings (SSSR count). The summed E-state index contributed by atoms with van der Waals surface area (Å²) in [6.07, 6.45) is 0. The van der Waals surface area contributed by atoms with E-state index in [1.165, 1.54) is 11.8 Å². The van der Waals surface area contributed by atoms with Crippen LogP contribution in [-0.2, 0) is 10.5 Å². The first kappa shape index (κ1) is 19.5. The van der Waals surface area contributed by atoms with Crippen molar-refractivity contribution in [3.63, 3.8) is 0 Å². The fourth-order valence-electron chi connectivity index (χ4n) is 3.37. The number of carbonyl (C=O) groups excluding carboxylic acids is 1. The SMILES string of the molecule is CC(=O)C1=C(C)Nc2nc(SCc3ccccc3Cl)nn2C1c1ccc(O)cc1. The first-order chi connectivity index (χ1) is 13.9. The van der Waals surface area contributed by atoms with E-state index in [2.05, 4.69) is 15.4 Å². The van der Waals surface area contributed by atoms with Gasteiger partial charge in [-0.05, 0) is 43.2 Å². The number of phenols is 1. The molecule has 3 aromatic rings. The lowest BCUT2D eigenvalue weighted by Crippen LogP contribution is -2.27. The number of nitrogens with one attached hydrogen (secondary N) is 1. The summed E-state index contributed by atoms with van der Waals surface area (Å²) in [6, 6.07) is 14.1. The number of anilines is 1. The summed E-state index contributed by atoms with van der Waals surface area (Å²) in [4.78, 5) is 17.0. The number of carbonyl (C=O) groups is 1. The van der Waals surface area contributed by atoms with Gasteiger partial charge in [0.1, 0.15) is 11.8 Å². The molecule has 1 aromatic heterocycles. The predicted molar refractivity (Wildman–Crippen MR) is 114 cm³/mol. The van der Waals surface area contributed by atoms with E-state index in [1.54, 1.807) is 35.9 Å². The zero-order chi connectivity index (χ0) is 20.5. The van der Waals surface area contributed by atoms with Gasteiger partial charge in [-0.2, -0.15) is 4.98 Å². The van der Waals surface area contributed by atoms with Gasteiger partial charge in [0, 0.05) is 22.0 Å². The van der Waals surface area contributed by atoms with E-state index >= 15 is 0 Å². The van der Waals surface area contributed by atoms with E-state index in [4.69, 9.17) is 11.6 Å². The molecule has 148 valence electrons. The molecule has 0 bridgehead atoms. The molecule has 2 heterocycles. The van der Waals surface area contributed by atoms with E-state index in [0.717, 1.165) is 16.8 Å². The molecule has 0 saturated carbocycles. The molecule has 0 radical (unpaired) electrons. The number of benzene rings is 2. The number of thioether (sulfide) groups is 1. The third kappa shape index (κ3) is 3.88. The second-order valence-electron chi connectivity index (χ2n) is 6.76. The number of Topliss-reactive ketones (excluding diaryl/α,β-unsaturated/α-hetero) is 1. The Kier molecular flexibility index (Phi) is 5.34. The van der Waals surface area contributed by atoms with E-state index in [0.29, 0.717) is 27.5 Å². The van der Waals surface area contributed by atoms with E-state index in [-0.39, 0.29) is 11.5 Å². The Labute approximate surface area is 177 Å². The topological polar surface area (TPSA) is 80.0 Å². The Morgan fingerprint density at radius 2 is 1.97 bits per heavy atom. The number of hydrogen-bond acceptors (Lipinski definition) is 6. The van der Waals surface area contributed by atoms with Gasteiger partial charge in [-0.15, -0.1) is 5.10 Å². The van der Waals surface area contributed by atoms with Gasteiger partial charge in [0.2, 0.25) is 11.1 Å². The highest BCUT2D eigenvalue weighted by molar-refractivity contribution is 7.98. The Balaban J connectivity index is 1.69. The third-order valence-corrected chi connectivity index (χ3v) is 5.99. The average Bonchev–Trinajstić information content (AvgIpc) is 3.09. The normalized spacial score (nSPS) is 15.8. The maximum atomic E-state index is 12.4. The van der Waals surface area contributed by atoms with Crippen LogP contribution < -0.4 is 5.32 Å². The molecule has 0 spiro atoms. The Morgan fingerprint density at radius 3 is 2.66 bits per heavy atom. The molecule has 1 unspecified atom stereocenters. The smallest absolute Gasteiger partial charge is 0.227 e. The van der Waals surface area contributed by atoms with Gasteiger partial charge < -0.3 is 10.4 Å². The monoisotopic (exact) mass is 426 g/mol. The fourth-order valence-corrected chi connectivity index (χ4v) is 4.49. The maximum absolute atomic E-state index is 12.4. The van der Waals surface area contributed by atoms with E-state index < -0.39 is 6.04 Å². The Hall–Kier alpha value is -2.77. The third-order valence-electron chi connectivity index (χ3n) is 4.74. The van der Waals surface area contributed by atoms with Crippen LogP contribution in [-0.4, -0.2) is 25.7 Å². The minimum absolute atomic E-state index is 0.0421. The second-order valence-corrected chi connectivity index (χ2v) is 8.11. The molecule has 6 nitrogen and oxygen atoms in total. The van der Waals surface area contributed by atoms with Crippen molar-refractivity contribution in [1.29, 1.82) is 0 Å². The van der Waals surface area contributed by atoms with Crippen LogP contribution in [0.25, 0.3) is 0 Å². The molecule has 0 saturated heterocycles. The average molecular weight is 427 g/mol. The standard InChI is InChI=1S/C21H19ClN4O2S/c1-12-18(13(2)27)19(14-7-9-16(28)10-8-14)26-20(23-12)24-21(25-26)29-11-15-5-3-4-6-17(15)22/h3-10,19,28H,11H2,1-2H3,(H,23,24,25). The zero-order valence-corrected chi connectivity index (χ0v) is 17.5. The molecule has 2 aromatic carbocycles. The fraction of sp³-hybridized carbons (Fsp3) is 0.190. The van der Waals surface area contributed by atoms with Crippen molar-refractivity contribution in [3.8, 4) is 5.75 Å². The van der Waals surface area contributed by atoms with Crippen LogP contribution >= 0.6 is 23.4 Å². The molecule has 2 N–H and O–H groups in total. The first-order valence-corrected chi connectivity index (χ1v) is 10.4. The van der Waals surface area contributed by atoms with Gasteiger partial charge in [-0.1, -0.05) is 53.7 Å². The summed E-state index contributed by atoms with van der Waals surface area (Å²) in [7, 11) is 0. The zero-order valence-electron chi connectivity index (χ0n) is 15.9. The number of hydrogen-bond donors (Lipinski definition) is 2. The van der Waals surface area contributed by atoms with Crippen LogP contribution in [0.1, 0.15) is 31.0 Å². The van der Waals surface area contributed by atoms with Gasteiger partial charge in [0.25, 0.3) is 0 Å². The lowest BCUT2D eigenvalue weighted by Gasteiger charge is -2.28. The molecular weight excluding hydrogens is 408 g/mol. The van der Waals surface area contributed by atoms with Crippen molar-refractivity contribution in [2.45, 2.75) is 30.8 Å². The minimum atomic E-state index is -0.411. The van der Waals surface area contributed by atoms with E-state index in [9.17, 15) is 9.90 Å². The van der Waals surface area contributed by atoms with Crippen molar-refractivity contribution in [2.24, 2.45) is 0 Å². The lowest BCUT2D eigenvalue weighted by molar-refractivity contribution is -0.114. The summed E-state index contributed by atoms with van der Waals surface area (Å²) in [5.74, 6) is 1.34. The van der Waals surface area contributed by atoms with Crippen molar-refractivity contribution in [1.82, 2.24) is 14.8 Å². The van der Waals surface area contributed by atoms with Crippen LogP contribution in [0.4, 0.5) is 5.95 Å². The Bertz CT molecular complexity index is 1110. The molecule has 1 aliphatic rings. The number of halogens is 1. The molecular formula is C21H19ClN4O2S. The first-order valence-electron chi connectivity index (χ1n) is 9.04. The van der Waals surface area contributed by atoms with Crippen molar-refractivity contribution in [3.05, 3.63) is 76.0 Å². The van der Waals surface area contributed by atoms with Crippen molar-refractivity contribution < 1.29 is 9.90 Å². The number of phenolic OH excluding ortho intramolecular Hbond substituents is 1. The maximum Gasteiger partial charge on any atom is 0.227 e. The van der Waals surface area contributed by atoms with Gasteiger partial charge in [0.15, 0.2) is 5.78 Å². The number of rotatable bonds is 5. The second kappa shape index (κ2) is 7.93. The highest BCUT2D eigenvalue weighted by Crippen LogP contribution is 2.37. The van der Waals surface area contributed by atoms with Crippen molar-refractivity contribution in [2.75, 3.05) is 5.32 Å². The summed E-state index contributed by atoms with van der Waals surface area (Å²) >= 11 is 7.73. The lowest BCUT2D eigenvalue weighted by atomic mass is 9.93. The number of fused-ring (bicyclic) bond motifs is 1. The molecule has 1 aliphatic heterocycles. The summed E-state index contributed by atoms with van der Waals surface area (Å²) in [5, 5.41) is 18.8. The number of ketones is 1. The molecule has 1 atom stereocenters. The Morgan fingerprint density at radius 1 is 1.24 bits per heavy atom. The van der Waals surface area contributed by atoms with Crippen LogP contribution in [0.15, 0.2) is 65.0 Å². The number of aromatic nitrogens is 3. The molecule has 0 fully saturated rings. The van der Waals surface area contributed by atoms with Crippen molar-refractivity contribution >= 4 is 35.1 Å².